The molecule has 0 aliphatic carbocycles. The molecule has 0 saturated heterocycles. The number of amides is 1. The number of rotatable bonds is 4. The molecule has 0 unspecified atom stereocenters. The Hall–Kier alpha value is -2.81. The maximum absolute atomic E-state index is 12.2. The number of methoxy groups -OCH3 is 2. The van der Waals surface area contributed by atoms with E-state index in [0.29, 0.717) is 39.6 Å². The largest absolute Gasteiger partial charge is 0.493 e. The van der Waals surface area contributed by atoms with Crippen molar-refractivity contribution in [3.63, 3.8) is 0 Å². The maximum Gasteiger partial charge on any atom is 0.245 e. The zero-order valence-corrected chi connectivity index (χ0v) is 16.6. The normalized spacial score (nSPS) is 13.1. The number of carbonyl (C=O) groups is 2. The highest BCUT2D eigenvalue weighted by Crippen LogP contribution is 2.39. The highest BCUT2D eigenvalue weighted by atomic mass is 32.2. The van der Waals surface area contributed by atoms with Gasteiger partial charge in [-0.1, -0.05) is 6.92 Å². The van der Waals surface area contributed by atoms with E-state index in [-0.39, 0.29) is 11.8 Å². The van der Waals surface area contributed by atoms with Crippen LogP contribution < -0.4 is 14.5 Å². The molecule has 1 aromatic heterocycles. The van der Waals surface area contributed by atoms with Crippen molar-refractivity contribution in [3.8, 4) is 11.5 Å². The number of aryl methyl sites for hydroxylation is 1. The molecule has 0 atom stereocenters. The summed E-state index contributed by atoms with van der Waals surface area (Å²) < 4.78 is 12.2. The van der Waals surface area contributed by atoms with Gasteiger partial charge < -0.3 is 9.47 Å². The van der Waals surface area contributed by atoms with Crippen LogP contribution in [-0.4, -0.2) is 40.6 Å². The smallest absolute Gasteiger partial charge is 0.245 e. The first-order chi connectivity index (χ1) is 12.9. The van der Waals surface area contributed by atoms with Crippen molar-refractivity contribution in [3.05, 3.63) is 29.6 Å². The van der Waals surface area contributed by atoms with Crippen molar-refractivity contribution in [2.45, 2.75) is 32.2 Å². The number of fused-ring (bicyclic) bond motifs is 1. The van der Waals surface area contributed by atoms with Gasteiger partial charge in [-0.2, -0.15) is 10.1 Å². The van der Waals surface area contributed by atoms with Crippen LogP contribution in [0, 0.1) is 0 Å². The van der Waals surface area contributed by atoms with E-state index in [9.17, 15) is 9.59 Å². The number of hydrogen-bond donors (Lipinski definition) is 0. The Morgan fingerprint density at radius 2 is 1.81 bits per heavy atom. The van der Waals surface area contributed by atoms with Gasteiger partial charge >= 0.3 is 0 Å². The van der Waals surface area contributed by atoms with Crippen LogP contribution in [0.3, 0.4) is 0 Å². The van der Waals surface area contributed by atoms with Crippen LogP contribution in [-0.2, 0) is 11.2 Å². The number of benzene rings is 1. The predicted molar refractivity (Wildman–Crippen MR) is 103 cm³/mol. The number of hydrogen-bond acceptors (Lipinski definition) is 7. The number of carbonyl (C=O) groups excluding carboxylic acids is 2. The number of anilines is 1. The molecular formula is C18H20N4O4S. The fourth-order valence-corrected chi connectivity index (χ4v) is 3.88. The zero-order chi connectivity index (χ0) is 19.7. The molecule has 3 rings (SSSR count). The lowest BCUT2D eigenvalue weighted by Gasteiger charge is -2.22. The summed E-state index contributed by atoms with van der Waals surface area (Å²) in [4.78, 5) is 28.8. The van der Waals surface area contributed by atoms with Crippen LogP contribution in [0.2, 0.25) is 0 Å². The molecule has 1 aliphatic rings. The maximum atomic E-state index is 12.2. The average Bonchev–Trinajstić information content (AvgIpc) is 3.05. The highest BCUT2D eigenvalue weighted by molar-refractivity contribution is 8.14. The Kier molecular flexibility index (Phi) is 5.22. The molecular weight excluding hydrogens is 368 g/mol. The summed E-state index contributed by atoms with van der Waals surface area (Å²) in [5.41, 5.74) is 0.740. The minimum absolute atomic E-state index is 0.162. The summed E-state index contributed by atoms with van der Waals surface area (Å²) in [5, 5.41) is 6.82. The SMILES string of the molecule is CCc1nc2c(n1C(C)=O)SC(c1ccc(OC)c(OC)c1)=NN2C(C)=O. The summed E-state index contributed by atoms with van der Waals surface area (Å²) in [6.07, 6.45) is 0.560. The summed E-state index contributed by atoms with van der Waals surface area (Å²) in [7, 11) is 3.11. The third-order valence-corrected chi connectivity index (χ3v) is 5.10. The number of thioether (sulfide) groups is 1. The van der Waals surface area contributed by atoms with Crippen molar-refractivity contribution in [2.75, 3.05) is 19.2 Å². The van der Waals surface area contributed by atoms with Gasteiger partial charge in [0.15, 0.2) is 17.3 Å². The fourth-order valence-electron chi connectivity index (χ4n) is 2.78. The number of imidazole rings is 1. The lowest BCUT2D eigenvalue weighted by atomic mass is 10.2. The van der Waals surface area contributed by atoms with Crippen LogP contribution in [0.4, 0.5) is 5.82 Å². The summed E-state index contributed by atoms with van der Waals surface area (Å²) in [5.74, 6) is 1.66. The summed E-state index contributed by atoms with van der Waals surface area (Å²) in [6.45, 7) is 4.79. The average molecular weight is 388 g/mol. The molecule has 0 fully saturated rings. The Balaban J connectivity index is 2.14. The fraction of sp³-hybridized carbons (Fsp3) is 0.333. The second-order valence-corrected chi connectivity index (χ2v) is 6.75. The van der Waals surface area contributed by atoms with Crippen molar-refractivity contribution in [1.82, 2.24) is 9.55 Å². The van der Waals surface area contributed by atoms with Crippen LogP contribution in [0.5, 0.6) is 11.5 Å². The van der Waals surface area contributed by atoms with Crippen molar-refractivity contribution in [1.29, 1.82) is 0 Å². The van der Waals surface area contributed by atoms with E-state index in [0.717, 1.165) is 5.56 Å². The van der Waals surface area contributed by atoms with Gasteiger partial charge in [0.05, 0.1) is 14.2 Å². The first kappa shape index (κ1) is 19.0. The number of ether oxygens (including phenoxy) is 2. The first-order valence-corrected chi connectivity index (χ1v) is 9.15. The molecule has 2 heterocycles. The Morgan fingerprint density at radius 1 is 1.11 bits per heavy atom. The highest BCUT2D eigenvalue weighted by Gasteiger charge is 2.32. The standard InChI is InChI=1S/C18H20N4O4S/c1-6-15-19-16-18(21(15)10(2)23)27-17(20-22(16)11(3)24)12-7-8-13(25-4)14(9-12)26-5/h7-9H,6H2,1-5H3. The van der Waals surface area contributed by atoms with Gasteiger partial charge in [-0.3, -0.25) is 14.2 Å². The van der Waals surface area contributed by atoms with E-state index in [1.165, 1.54) is 35.2 Å². The van der Waals surface area contributed by atoms with Gasteiger partial charge in [-0.15, -0.1) is 0 Å². The first-order valence-electron chi connectivity index (χ1n) is 8.33. The van der Waals surface area contributed by atoms with Crippen LogP contribution >= 0.6 is 11.8 Å². The lowest BCUT2D eigenvalue weighted by Crippen LogP contribution is -2.28. The molecule has 2 aromatic rings. The topological polar surface area (TPSA) is 86.0 Å². The quantitative estimate of drug-likeness (QED) is 0.800. The predicted octanol–water partition coefficient (Wildman–Crippen LogP) is 2.94. The molecule has 0 N–H and O–H groups in total. The van der Waals surface area contributed by atoms with Crippen molar-refractivity contribution < 1.29 is 19.1 Å². The van der Waals surface area contributed by atoms with E-state index in [1.54, 1.807) is 26.4 Å². The van der Waals surface area contributed by atoms with Gasteiger partial charge in [0.25, 0.3) is 0 Å². The molecule has 0 spiro atoms. The number of hydrazone groups is 1. The molecule has 27 heavy (non-hydrogen) atoms. The summed E-state index contributed by atoms with van der Waals surface area (Å²) >= 11 is 1.29. The molecule has 142 valence electrons. The minimum atomic E-state index is -0.287. The molecule has 0 bridgehead atoms. The van der Waals surface area contributed by atoms with E-state index >= 15 is 0 Å². The minimum Gasteiger partial charge on any atom is -0.493 e. The monoisotopic (exact) mass is 388 g/mol. The molecule has 1 aliphatic heterocycles. The van der Waals surface area contributed by atoms with Gasteiger partial charge in [0, 0.05) is 25.8 Å². The molecule has 8 nitrogen and oxygen atoms in total. The summed E-state index contributed by atoms with van der Waals surface area (Å²) in [6, 6.07) is 5.37. The van der Waals surface area contributed by atoms with E-state index in [4.69, 9.17) is 9.47 Å². The Labute approximate surface area is 161 Å². The molecule has 0 radical (unpaired) electrons. The third-order valence-electron chi connectivity index (χ3n) is 4.03. The molecule has 9 heteroatoms. The Bertz CT molecular complexity index is 951. The van der Waals surface area contributed by atoms with Gasteiger partial charge in [0.2, 0.25) is 11.8 Å². The number of aromatic nitrogens is 2. The van der Waals surface area contributed by atoms with Crippen LogP contribution in [0.15, 0.2) is 28.3 Å². The molecule has 1 aromatic carbocycles. The number of nitrogens with zero attached hydrogens (tertiary/aromatic N) is 4. The second kappa shape index (κ2) is 7.43. The van der Waals surface area contributed by atoms with Gasteiger partial charge in [-0.05, 0) is 30.0 Å². The van der Waals surface area contributed by atoms with Crippen LogP contribution in [0.25, 0.3) is 0 Å². The van der Waals surface area contributed by atoms with E-state index in [1.807, 2.05) is 13.0 Å². The van der Waals surface area contributed by atoms with Crippen molar-refractivity contribution in [2.24, 2.45) is 5.10 Å². The van der Waals surface area contributed by atoms with Gasteiger partial charge in [0.1, 0.15) is 15.9 Å². The van der Waals surface area contributed by atoms with E-state index in [2.05, 4.69) is 10.1 Å². The van der Waals surface area contributed by atoms with E-state index < -0.39 is 0 Å². The molecule has 1 amide bonds. The lowest BCUT2D eigenvalue weighted by molar-refractivity contribution is -0.116. The zero-order valence-electron chi connectivity index (χ0n) is 15.8. The van der Waals surface area contributed by atoms with Crippen molar-refractivity contribution >= 4 is 34.4 Å². The molecule has 0 saturated carbocycles. The Morgan fingerprint density at radius 3 is 2.37 bits per heavy atom. The van der Waals surface area contributed by atoms with Gasteiger partial charge in [-0.25, -0.2) is 4.98 Å². The van der Waals surface area contributed by atoms with Crippen LogP contribution in [0.1, 0.15) is 37.0 Å². The third kappa shape index (κ3) is 3.30. The second-order valence-electron chi connectivity index (χ2n) is 5.77.